The summed E-state index contributed by atoms with van der Waals surface area (Å²) in [5, 5.41) is 11.1. The molecule has 0 N–H and O–H groups in total. The molecule has 0 bridgehead atoms. The SMILES string of the molecule is CCc1ccccc1C(Br)Cc1ccccc1[N+](=O)[O-]. The van der Waals surface area contributed by atoms with Crippen LogP contribution in [-0.2, 0) is 12.8 Å². The molecule has 0 saturated heterocycles. The van der Waals surface area contributed by atoms with Gasteiger partial charge in [0.2, 0.25) is 0 Å². The zero-order valence-electron chi connectivity index (χ0n) is 11.3. The van der Waals surface area contributed by atoms with Crippen molar-refractivity contribution < 1.29 is 4.92 Å². The number of nitro benzene ring substituents is 1. The normalized spacial score (nSPS) is 12.1. The molecular weight excluding hydrogens is 318 g/mol. The van der Waals surface area contributed by atoms with Gasteiger partial charge in [-0.25, -0.2) is 0 Å². The van der Waals surface area contributed by atoms with Gasteiger partial charge in [0.15, 0.2) is 0 Å². The molecule has 0 amide bonds. The Bertz CT molecular complexity index is 613. The zero-order valence-corrected chi connectivity index (χ0v) is 12.8. The van der Waals surface area contributed by atoms with Crippen molar-refractivity contribution in [2.75, 3.05) is 0 Å². The van der Waals surface area contributed by atoms with E-state index in [-0.39, 0.29) is 15.4 Å². The smallest absolute Gasteiger partial charge is 0.258 e. The highest BCUT2D eigenvalue weighted by Gasteiger charge is 2.18. The first-order chi connectivity index (χ1) is 9.63. The summed E-state index contributed by atoms with van der Waals surface area (Å²) in [5.74, 6) is 0. The average molecular weight is 334 g/mol. The van der Waals surface area contributed by atoms with E-state index in [1.807, 2.05) is 24.3 Å². The lowest BCUT2D eigenvalue weighted by molar-refractivity contribution is -0.385. The van der Waals surface area contributed by atoms with Crippen molar-refractivity contribution in [3.63, 3.8) is 0 Å². The second-order valence-corrected chi connectivity index (χ2v) is 5.72. The number of nitrogens with zero attached hydrogens (tertiary/aromatic N) is 1. The van der Waals surface area contributed by atoms with Crippen LogP contribution in [0.15, 0.2) is 48.5 Å². The predicted molar refractivity (Wildman–Crippen MR) is 84.3 cm³/mol. The Morgan fingerprint density at radius 2 is 1.70 bits per heavy atom. The van der Waals surface area contributed by atoms with E-state index in [9.17, 15) is 10.1 Å². The summed E-state index contributed by atoms with van der Waals surface area (Å²) in [6.45, 7) is 2.11. The molecule has 1 atom stereocenters. The molecule has 2 aromatic rings. The molecule has 0 heterocycles. The third-order valence-electron chi connectivity index (χ3n) is 3.36. The standard InChI is InChI=1S/C16H16BrNO2/c1-2-12-7-3-5-9-14(12)15(17)11-13-8-4-6-10-16(13)18(19)20/h3-10,15H,2,11H2,1H3. The fourth-order valence-electron chi connectivity index (χ4n) is 2.33. The van der Waals surface area contributed by atoms with Crippen LogP contribution in [0.1, 0.15) is 28.4 Å². The highest BCUT2D eigenvalue weighted by molar-refractivity contribution is 9.09. The van der Waals surface area contributed by atoms with Crippen molar-refractivity contribution in [2.45, 2.75) is 24.6 Å². The van der Waals surface area contributed by atoms with E-state index in [4.69, 9.17) is 0 Å². The van der Waals surface area contributed by atoms with Gasteiger partial charge in [-0.15, -0.1) is 0 Å². The number of halogens is 1. The molecule has 0 spiro atoms. The number of rotatable bonds is 5. The Hall–Kier alpha value is -1.68. The summed E-state index contributed by atoms with van der Waals surface area (Å²) in [6.07, 6.45) is 1.56. The second-order valence-electron chi connectivity index (χ2n) is 4.61. The molecular formula is C16H16BrNO2. The van der Waals surface area contributed by atoms with Gasteiger partial charge >= 0.3 is 0 Å². The monoisotopic (exact) mass is 333 g/mol. The van der Waals surface area contributed by atoms with Crippen molar-refractivity contribution in [3.05, 3.63) is 75.3 Å². The minimum Gasteiger partial charge on any atom is -0.258 e. The minimum absolute atomic E-state index is 0.0831. The van der Waals surface area contributed by atoms with E-state index < -0.39 is 0 Å². The summed E-state index contributed by atoms with van der Waals surface area (Å²) >= 11 is 3.68. The van der Waals surface area contributed by atoms with E-state index >= 15 is 0 Å². The van der Waals surface area contributed by atoms with E-state index in [0.29, 0.717) is 6.42 Å². The first-order valence-corrected chi connectivity index (χ1v) is 7.49. The highest BCUT2D eigenvalue weighted by Crippen LogP contribution is 2.32. The summed E-state index contributed by atoms with van der Waals surface area (Å²) < 4.78 is 0. The summed E-state index contributed by atoms with van der Waals surface area (Å²) in [6, 6.07) is 15.1. The third kappa shape index (κ3) is 3.25. The van der Waals surface area contributed by atoms with E-state index in [2.05, 4.69) is 35.0 Å². The van der Waals surface area contributed by atoms with Crippen LogP contribution in [0, 0.1) is 10.1 Å². The minimum atomic E-state index is -0.319. The van der Waals surface area contributed by atoms with Gasteiger partial charge < -0.3 is 0 Å². The van der Waals surface area contributed by atoms with Crippen LogP contribution < -0.4 is 0 Å². The number of hydrogen-bond acceptors (Lipinski definition) is 2. The van der Waals surface area contributed by atoms with E-state index in [1.165, 1.54) is 11.1 Å². The van der Waals surface area contributed by atoms with Gasteiger partial charge in [-0.1, -0.05) is 65.3 Å². The quantitative estimate of drug-likeness (QED) is 0.446. The van der Waals surface area contributed by atoms with Crippen molar-refractivity contribution >= 4 is 21.6 Å². The number of alkyl halides is 1. The number of nitro groups is 1. The molecule has 0 saturated carbocycles. The van der Waals surface area contributed by atoms with Crippen molar-refractivity contribution in [1.82, 2.24) is 0 Å². The molecule has 4 heteroatoms. The molecule has 0 aromatic heterocycles. The highest BCUT2D eigenvalue weighted by atomic mass is 79.9. The number of para-hydroxylation sites is 1. The van der Waals surface area contributed by atoms with Crippen LogP contribution in [0.2, 0.25) is 0 Å². The molecule has 1 unspecified atom stereocenters. The lowest BCUT2D eigenvalue weighted by Crippen LogP contribution is -2.02. The second kappa shape index (κ2) is 6.66. The van der Waals surface area contributed by atoms with E-state index in [0.717, 1.165) is 12.0 Å². The van der Waals surface area contributed by atoms with Gasteiger partial charge in [0.1, 0.15) is 0 Å². The van der Waals surface area contributed by atoms with Crippen LogP contribution in [0.4, 0.5) is 5.69 Å². The summed E-state index contributed by atoms with van der Waals surface area (Å²) in [4.78, 5) is 10.8. The van der Waals surface area contributed by atoms with Gasteiger partial charge in [0, 0.05) is 16.5 Å². The molecule has 0 aliphatic carbocycles. The van der Waals surface area contributed by atoms with Crippen molar-refractivity contribution in [1.29, 1.82) is 0 Å². The van der Waals surface area contributed by atoms with Crippen molar-refractivity contribution in [2.24, 2.45) is 0 Å². The predicted octanol–water partition coefficient (Wildman–Crippen LogP) is 4.84. The fourth-order valence-corrected chi connectivity index (χ4v) is 3.12. The van der Waals surface area contributed by atoms with Gasteiger partial charge in [-0.05, 0) is 24.0 Å². The molecule has 104 valence electrons. The Balaban J connectivity index is 2.28. The maximum absolute atomic E-state index is 11.1. The van der Waals surface area contributed by atoms with Crippen molar-refractivity contribution in [3.8, 4) is 0 Å². The third-order valence-corrected chi connectivity index (χ3v) is 4.18. The maximum atomic E-state index is 11.1. The Morgan fingerprint density at radius 1 is 1.10 bits per heavy atom. The van der Waals surface area contributed by atoms with Crippen LogP contribution in [0.5, 0.6) is 0 Å². The lowest BCUT2D eigenvalue weighted by Gasteiger charge is -2.14. The molecule has 3 nitrogen and oxygen atoms in total. The van der Waals surface area contributed by atoms with E-state index in [1.54, 1.807) is 12.1 Å². The molecule has 2 aromatic carbocycles. The Morgan fingerprint density at radius 3 is 2.35 bits per heavy atom. The van der Waals surface area contributed by atoms with Crippen LogP contribution in [0.3, 0.4) is 0 Å². The molecule has 2 rings (SSSR count). The fraction of sp³-hybridized carbons (Fsp3) is 0.250. The first-order valence-electron chi connectivity index (χ1n) is 6.57. The molecule has 0 radical (unpaired) electrons. The molecule has 0 aliphatic rings. The number of aryl methyl sites for hydroxylation is 1. The van der Waals surface area contributed by atoms with Gasteiger partial charge in [0.25, 0.3) is 5.69 Å². The summed E-state index contributed by atoms with van der Waals surface area (Å²) in [5.41, 5.74) is 3.41. The lowest BCUT2D eigenvalue weighted by atomic mass is 9.98. The number of benzene rings is 2. The van der Waals surface area contributed by atoms with Gasteiger partial charge in [0.05, 0.1) is 4.92 Å². The maximum Gasteiger partial charge on any atom is 0.272 e. The summed E-state index contributed by atoms with van der Waals surface area (Å²) in [7, 11) is 0. The van der Waals surface area contributed by atoms with Gasteiger partial charge in [-0.2, -0.15) is 0 Å². The Labute approximate surface area is 126 Å². The molecule has 0 fully saturated rings. The zero-order chi connectivity index (χ0) is 14.5. The Kier molecular flexibility index (Phi) is 4.90. The number of hydrogen-bond donors (Lipinski definition) is 0. The largest absolute Gasteiger partial charge is 0.272 e. The average Bonchev–Trinajstić information content (AvgIpc) is 2.47. The molecule has 0 aliphatic heterocycles. The van der Waals surface area contributed by atoms with Gasteiger partial charge in [-0.3, -0.25) is 10.1 Å². The van der Waals surface area contributed by atoms with Crippen LogP contribution in [-0.4, -0.2) is 4.92 Å². The first kappa shape index (κ1) is 14.7. The van der Waals surface area contributed by atoms with Crippen LogP contribution in [0.25, 0.3) is 0 Å². The molecule has 20 heavy (non-hydrogen) atoms. The van der Waals surface area contributed by atoms with Crippen LogP contribution >= 0.6 is 15.9 Å². The topological polar surface area (TPSA) is 43.1 Å².